The number of piperidine rings is 1. The first-order valence-corrected chi connectivity index (χ1v) is 7.80. The van der Waals surface area contributed by atoms with Crippen molar-refractivity contribution in [3.63, 3.8) is 0 Å². The van der Waals surface area contributed by atoms with Crippen LogP contribution in [-0.4, -0.2) is 23.9 Å². The zero-order valence-electron chi connectivity index (χ0n) is 13.1. The minimum atomic E-state index is 0.194. The van der Waals surface area contributed by atoms with Gasteiger partial charge in [0.05, 0.1) is 0 Å². The first-order valence-electron chi connectivity index (χ1n) is 7.80. The van der Waals surface area contributed by atoms with E-state index in [-0.39, 0.29) is 5.91 Å². The van der Waals surface area contributed by atoms with E-state index in [0.29, 0.717) is 5.41 Å². The van der Waals surface area contributed by atoms with Crippen molar-refractivity contribution < 1.29 is 4.79 Å². The Labute approximate surface area is 123 Å². The number of amides is 1. The molecule has 0 aromatic heterocycles. The summed E-state index contributed by atoms with van der Waals surface area (Å²) in [6.45, 7) is 8.76. The number of hydrogen-bond acceptors (Lipinski definition) is 1. The quantitative estimate of drug-likeness (QED) is 0.801. The van der Waals surface area contributed by atoms with Gasteiger partial charge in [-0.25, -0.2) is 0 Å². The number of nitrogens with zero attached hydrogens (tertiary/aromatic N) is 1. The second-order valence-corrected chi connectivity index (χ2v) is 7.20. The number of carbonyl (C=O) groups is 1. The summed E-state index contributed by atoms with van der Waals surface area (Å²) in [6, 6.07) is 9.64. The van der Waals surface area contributed by atoms with Crippen molar-refractivity contribution in [3.05, 3.63) is 35.9 Å². The number of carbonyl (C=O) groups excluding carboxylic acids is 1. The summed E-state index contributed by atoms with van der Waals surface area (Å²) in [6.07, 6.45) is 4.91. The zero-order chi connectivity index (χ0) is 14.6. The third kappa shape index (κ3) is 4.36. The van der Waals surface area contributed by atoms with Gasteiger partial charge in [0.25, 0.3) is 5.91 Å². The van der Waals surface area contributed by atoms with Crippen molar-refractivity contribution in [2.75, 3.05) is 13.1 Å². The summed E-state index contributed by atoms with van der Waals surface area (Å²) >= 11 is 0. The average Bonchev–Trinajstić information content (AvgIpc) is 2.45. The predicted octanol–water partition coefficient (Wildman–Crippen LogP) is 4.37. The highest BCUT2D eigenvalue weighted by Crippen LogP contribution is 2.29. The maximum absolute atomic E-state index is 12.3. The molecule has 0 spiro atoms. The van der Waals surface area contributed by atoms with Crippen LogP contribution >= 0.6 is 0 Å². The van der Waals surface area contributed by atoms with Crippen molar-refractivity contribution in [2.45, 2.75) is 46.5 Å². The molecule has 1 amide bonds. The highest BCUT2D eigenvalue weighted by molar-refractivity contribution is 5.94. The second-order valence-electron chi connectivity index (χ2n) is 7.20. The van der Waals surface area contributed by atoms with E-state index in [9.17, 15) is 4.79 Å². The molecule has 20 heavy (non-hydrogen) atoms. The van der Waals surface area contributed by atoms with E-state index in [0.717, 1.165) is 37.4 Å². The smallest absolute Gasteiger partial charge is 0.253 e. The monoisotopic (exact) mass is 273 g/mol. The molecule has 0 saturated carbocycles. The van der Waals surface area contributed by atoms with Crippen molar-refractivity contribution in [1.29, 1.82) is 0 Å². The molecule has 2 nitrogen and oxygen atoms in total. The molecule has 1 aliphatic heterocycles. The van der Waals surface area contributed by atoms with Crippen molar-refractivity contribution in [3.8, 4) is 0 Å². The van der Waals surface area contributed by atoms with E-state index in [1.807, 2.05) is 35.2 Å². The van der Waals surface area contributed by atoms with Crippen LogP contribution < -0.4 is 0 Å². The topological polar surface area (TPSA) is 20.3 Å². The van der Waals surface area contributed by atoms with Gasteiger partial charge in [-0.15, -0.1) is 0 Å². The maximum Gasteiger partial charge on any atom is 0.253 e. The van der Waals surface area contributed by atoms with E-state index in [2.05, 4.69) is 20.8 Å². The van der Waals surface area contributed by atoms with Gasteiger partial charge >= 0.3 is 0 Å². The molecule has 2 rings (SSSR count). The molecule has 1 heterocycles. The van der Waals surface area contributed by atoms with Gasteiger partial charge < -0.3 is 4.90 Å². The summed E-state index contributed by atoms with van der Waals surface area (Å²) < 4.78 is 0. The molecule has 1 aromatic rings. The minimum absolute atomic E-state index is 0.194. The van der Waals surface area contributed by atoms with Gasteiger partial charge in [0.15, 0.2) is 0 Å². The molecule has 1 aromatic carbocycles. The van der Waals surface area contributed by atoms with Gasteiger partial charge in [0, 0.05) is 18.7 Å². The van der Waals surface area contributed by atoms with E-state index in [1.54, 1.807) is 0 Å². The van der Waals surface area contributed by atoms with Crippen LogP contribution in [0, 0.1) is 11.3 Å². The summed E-state index contributed by atoms with van der Waals surface area (Å²) in [7, 11) is 0. The van der Waals surface area contributed by atoms with Crippen molar-refractivity contribution >= 4 is 5.91 Å². The summed E-state index contributed by atoms with van der Waals surface area (Å²) in [4.78, 5) is 14.4. The van der Waals surface area contributed by atoms with Crippen molar-refractivity contribution in [2.24, 2.45) is 11.3 Å². The van der Waals surface area contributed by atoms with E-state index < -0.39 is 0 Å². The minimum Gasteiger partial charge on any atom is -0.339 e. The maximum atomic E-state index is 12.3. The lowest BCUT2D eigenvalue weighted by molar-refractivity contribution is 0.0681. The largest absolute Gasteiger partial charge is 0.339 e. The number of rotatable bonds is 3. The van der Waals surface area contributed by atoms with E-state index in [1.165, 1.54) is 12.8 Å². The number of hydrogen-bond donors (Lipinski definition) is 0. The van der Waals surface area contributed by atoms with Crippen LogP contribution in [0.5, 0.6) is 0 Å². The van der Waals surface area contributed by atoms with Crippen LogP contribution in [0.3, 0.4) is 0 Å². The zero-order valence-corrected chi connectivity index (χ0v) is 13.1. The lowest BCUT2D eigenvalue weighted by atomic mass is 9.83. The molecule has 0 N–H and O–H groups in total. The molecule has 1 fully saturated rings. The third-order valence-electron chi connectivity index (χ3n) is 4.23. The molecule has 2 heteroatoms. The van der Waals surface area contributed by atoms with Gasteiger partial charge in [0.1, 0.15) is 0 Å². The summed E-state index contributed by atoms with van der Waals surface area (Å²) in [5.74, 6) is 0.994. The first-order chi connectivity index (χ1) is 9.46. The molecule has 0 aliphatic carbocycles. The Morgan fingerprint density at radius 3 is 2.30 bits per heavy atom. The molecule has 1 saturated heterocycles. The fourth-order valence-electron chi connectivity index (χ4n) is 2.83. The Kier molecular flexibility index (Phi) is 4.85. The Balaban J connectivity index is 1.81. The average molecular weight is 273 g/mol. The third-order valence-corrected chi connectivity index (χ3v) is 4.23. The molecular formula is C18H27NO. The molecule has 0 atom stereocenters. The highest BCUT2D eigenvalue weighted by Gasteiger charge is 2.24. The molecule has 1 aliphatic rings. The van der Waals surface area contributed by atoms with Crippen LogP contribution in [-0.2, 0) is 0 Å². The normalized spacial score (nSPS) is 17.2. The van der Waals surface area contributed by atoms with E-state index >= 15 is 0 Å². The Morgan fingerprint density at radius 1 is 1.15 bits per heavy atom. The van der Waals surface area contributed by atoms with Crippen molar-refractivity contribution in [1.82, 2.24) is 4.90 Å². The summed E-state index contributed by atoms with van der Waals surface area (Å²) in [5, 5.41) is 0. The Morgan fingerprint density at radius 2 is 1.75 bits per heavy atom. The number of likely N-dealkylation sites (tertiary alicyclic amines) is 1. The Bertz CT molecular complexity index is 424. The van der Waals surface area contributed by atoms with Crippen LogP contribution in [0.2, 0.25) is 0 Å². The fourth-order valence-corrected chi connectivity index (χ4v) is 2.83. The standard InChI is InChI=1S/C18H27NO/c1-18(2,3)12-9-15-10-13-19(14-11-15)17(20)16-7-5-4-6-8-16/h4-8,15H,9-14H2,1-3H3. The summed E-state index contributed by atoms with van der Waals surface area (Å²) in [5.41, 5.74) is 1.25. The first kappa shape index (κ1) is 15.1. The molecular weight excluding hydrogens is 246 g/mol. The predicted molar refractivity (Wildman–Crippen MR) is 83.8 cm³/mol. The lowest BCUT2D eigenvalue weighted by Gasteiger charge is -2.33. The molecule has 0 bridgehead atoms. The Hall–Kier alpha value is -1.31. The number of benzene rings is 1. The molecule has 110 valence electrons. The second kappa shape index (κ2) is 6.43. The van der Waals surface area contributed by atoms with Gasteiger partial charge in [-0.05, 0) is 49.1 Å². The van der Waals surface area contributed by atoms with E-state index in [4.69, 9.17) is 0 Å². The SMILES string of the molecule is CC(C)(C)CCC1CCN(C(=O)c2ccccc2)CC1. The lowest BCUT2D eigenvalue weighted by Crippen LogP contribution is -2.38. The van der Waals surface area contributed by atoms with Crippen LogP contribution in [0.25, 0.3) is 0 Å². The van der Waals surface area contributed by atoms with Crippen LogP contribution in [0.1, 0.15) is 56.8 Å². The van der Waals surface area contributed by atoms with Gasteiger partial charge in [-0.2, -0.15) is 0 Å². The van der Waals surface area contributed by atoms with Crippen LogP contribution in [0.15, 0.2) is 30.3 Å². The van der Waals surface area contributed by atoms with Gasteiger partial charge in [-0.1, -0.05) is 39.0 Å². The highest BCUT2D eigenvalue weighted by atomic mass is 16.2. The van der Waals surface area contributed by atoms with Gasteiger partial charge in [-0.3, -0.25) is 4.79 Å². The van der Waals surface area contributed by atoms with Gasteiger partial charge in [0.2, 0.25) is 0 Å². The molecule has 0 unspecified atom stereocenters. The van der Waals surface area contributed by atoms with Crippen LogP contribution in [0.4, 0.5) is 0 Å². The fraction of sp³-hybridized carbons (Fsp3) is 0.611. The molecule has 0 radical (unpaired) electrons.